The van der Waals surface area contributed by atoms with Crippen molar-refractivity contribution in [3.63, 3.8) is 0 Å². The smallest absolute Gasteiger partial charge is 0.305 e. The molecule has 18 heavy (non-hydrogen) atoms. The summed E-state index contributed by atoms with van der Waals surface area (Å²) >= 11 is 0. The number of carbonyl (C=O) groups is 2. The fourth-order valence-corrected chi connectivity index (χ4v) is 2.08. The van der Waals surface area contributed by atoms with Crippen molar-refractivity contribution < 1.29 is 14.7 Å². The van der Waals surface area contributed by atoms with Gasteiger partial charge < -0.3 is 10.4 Å². The molecule has 96 valence electrons. The van der Waals surface area contributed by atoms with Crippen molar-refractivity contribution in [2.45, 2.75) is 25.8 Å². The standard InChI is InChI=1S/C14H17NO3/c1-9-7-11(9)14(18)15-12(8-13(16)17)10-5-3-2-4-6-10/h2-6,9,11-12H,7-8H2,1H3,(H,15,18)(H,16,17). The highest BCUT2D eigenvalue weighted by Crippen LogP contribution is 2.38. The van der Waals surface area contributed by atoms with Crippen LogP contribution >= 0.6 is 0 Å². The molecule has 1 aliphatic carbocycles. The Balaban J connectivity index is 2.05. The lowest BCUT2D eigenvalue weighted by Crippen LogP contribution is -2.31. The zero-order valence-corrected chi connectivity index (χ0v) is 10.3. The number of carboxylic acid groups (broad SMARTS) is 1. The summed E-state index contributed by atoms with van der Waals surface area (Å²) < 4.78 is 0. The lowest BCUT2D eigenvalue weighted by molar-refractivity contribution is -0.137. The Kier molecular flexibility index (Phi) is 3.65. The number of benzene rings is 1. The summed E-state index contributed by atoms with van der Waals surface area (Å²) in [4.78, 5) is 22.7. The first kappa shape index (κ1) is 12.6. The molecule has 1 aliphatic rings. The molecule has 1 aromatic rings. The van der Waals surface area contributed by atoms with E-state index in [4.69, 9.17) is 5.11 Å². The van der Waals surface area contributed by atoms with Gasteiger partial charge in [0.2, 0.25) is 5.91 Å². The Bertz CT molecular complexity index is 444. The second-order valence-electron chi connectivity index (χ2n) is 4.89. The normalized spacial score (nSPS) is 23.2. The van der Waals surface area contributed by atoms with Crippen molar-refractivity contribution in [3.8, 4) is 0 Å². The number of amides is 1. The van der Waals surface area contributed by atoms with E-state index in [9.17, 15) is 9.59 Å². The van der Waals surface area contributed by atoms with E-state index in [2.05, 4.69) is 5.32 Å². The van der Waals surface area contributed by atoms with Crippen molar-refractivity contribution in [1.29, 1.82) is 0 Å². The molecular formula is C14H17NO3. The summed E-state index contributed by atoms with van der Waals surface area (Å²) in [6.45, 7) is 2.03. The van der Waals surface area contributed by atoms with Gasteiger partial charge in [0.05, 0.1) is 12.5 Å². The van der Waals surface area contributed by atoms with E-state index in [1.165, 1.54) is 0 Å². The van der Waals surface area contributed by atoms with Crippen LogP contribution in [0.1, 0.15) is 31.4 Å². The number of nitrogens with one attached hydrogen (secondary N) is 1. The number of hydrogen-bond donors (Lipinski definition) is 2. The van der Waals surface area contributed by atoms with Crippen molar-refractivity contribution in [1.82, 2.24) is 5.32 Å². The Morgan fingerprint density at radius 1 is 1.39 bits per heavy atom. The molecule has 0 saturated heterocycles. The predicted molar refractivity (Wildman–Crippen MR) is 66.8 cm³/mol. The third-order valence-corrected chi connectivity index (χ3v) is 3.34. The zero-order valence-electron chi connectivity index (χ0n) is 10.3. The first-order chi connectivity index (χ1) is 8.58. The van der Waals surface area contributed by atoms with Gasteiger partial charge in [-0.05, 0) is 17.9 Å². The van der Waals surface area contributed by atoms with Crippen LogP contribution in [0, 0.1) is 11.8 Å². The molecule has 2 N–H and O–H groups in total. The summed E-state index contributed by atoms with van der Waals surface area (Å²) in [5.41, 5.74) is 0.835. The second-order valence-corrected chi connectivity index (χ2v) is 4.89. The van der Waals surface area contributed by atoms with Crippen LogP contribution in [-0.2, 0) is 9.59 Å². The molecule has 1 fully saturated rings. The lowest BCUT2D eigenvalue weighted by atomic mass is 10.0. The summed E-state index contributed by atoms with van der Waals surface area (Å²) in [6, 6.07) is 8.79. The highest BCUT2D eigenvalue weighted by Gasteiger charge is 2.39. The van der Waals surface area contributed by atoms with Gasteiger partial charge in [-0.25, -0.2) is 0 Å². The van der Waals surface area contributed by atoms with E-state index in [-0.39, 0.29) is 18.2 Å². The maximum atomic E-state index is 11.9. The van der Waals surface area contributed by atoms with Gasteiger partial charge >= 0.3 is 5.97 Å². The third kappa shape index (κ3) is 3.09. The monoisotopic (exact) mass is 247 g/mol. The van der Waals surface area contributed by atoms with Gasteiger partial charge in [0, 0.05) is 5.92 Å². The summed E-state index contributed by atoms with van der Waals surface area (Å²) in [5.74, 6) is -0.457. The van der Waals surface area contributed by atoms with Gasteiger partial charge in [0.1, 0.15) is 0 Å². The van der Waals surface area contributed by atoms with E-state index >= 15 is 0 Å². The van der Waals surface area contributed by atoms with Crippen LogP contribution in [0.25, 0.3) is 0 Å². The van der Waals surface area contributed by atoms with Gasteiger partial charge in [0.25, 0.3) is 0 Å². The van der Waals surface area contributed by atoms with Crippen LogP contribution in [0.5, 0.6) is 0 Å². The first-order valence-electron chi connectivity index (χ1n) is 6.15. The van der Waals surface area contributed by atoms with Gasteiger partial charge in [-0.3, -0.25) is 9.59 Å². The highest BCUT2D eigenvalue weighted by atomic mass is 16.4. The second kappa shape index (κ2) is 5.21. The van der Waals surface area contributed by atoms with Crippen LogP contribution in [0.3, 0.4) is 0 Å². The first-order valence-corrected chi connectivity index (χ1v) is 6.15. The van der Waals surface area contributed by atoms with Crippen molar-refractivity contribution in [2.24, 2.45) is 11.8 Å². The summed E-state index contributed by atoms with van der Waals surface area (Å²) in [5, 5.41) is 11.8. The van der Waals surface area contributed by atoms with Crippen molar-refractivity contribution in [3.05, 3.63) is 35.9 Å². The molecular weight excluding hydrogens is 230 g/mol. The minimum absolute atomic E-state index is 0.0300. The van der Waals surface area contributed by atoms with Crippen LogP contribution < -0.4 is 5.32 Å². The fourth-order valence-electron chi connectivity index (χ4n) is 2.08. The number of hydrogen-bond acceptors (Lipinski definition) is 2. The topological polar surface area (TPSA) is 66.4 Å². The molecule has 0 aromatic heterocycles. The van der Waals surface area contributed by atoms with E-state index in [0.29, 0.717) is 5.92 Å². The lowest BCUT2D eigenvalue weighted by Gasteiger charge is -2.17. The molecule has 0 heterocycles. The Hall–Kier alpha value is -1.84. The minimum atomic E-state index is -0.909. The van der Waals surface area contributed by atoms with E-state index in [1.807, 2.05) is 37.3 Å². The molecule has 1 amide bonds. The fraction of sp³-hybridized carbons (Fsp3) is 0.429. The molecule has 1 saturated carbocycles. The van der Waals surface area contributed by atoms with Gasteiger partial charge in [-0.1, -0.05) is 37.3 Å². The number of rotatable bonds is 5. The van der Waals surface area contributed by atoms with Crippen molar-refractivity contribution in [2.75, 3.05) is 0 Å². The average molecular weight is 247 g/mol. The van der Waals surface area contributed by atoms with Crippen molar-refractivity contribution >= 4 is 11.9 Å². The van der Waals surface area contributed by atoms with Crippen LogP contribution in [0.15, 0.2) is 30.3 Å². The molecule has 1 aromatic carbocycles. The molecule has 0 radical (unpaired) electrons. The van der Waals surface area contributed by atoms with Gasteiger partial charge in [-0.2, -0.15) is 0 Å². The third-order valence-electron chi connectivity index (χ3n) is 3.34. The minimum Gasteiger partial charge on any atom is -0.481 e. The van der Waals surface area contributed by atoms with E-state index in [1.54, 1.807) is 0 Å². The molecule has 0 spiro atoms. The Morgan fingerprint density at radius 2 is 2.00 bits per heavy atom. The summed E-state index contributed by atoms with van der Waals surface area (Å²) in [6.07, 6.45) is 0.817. The van der Waals surface area contributed by atoms with Crippen LogP contribution in [-0.4, -0.2) is 17.0 Å². The molecule has 3 atom stereocenters. The SMILES string of the molecule is CC1CC1C(=O)NC(CC(=O)O)c1ccccc1. The number of carboxylic acids is 1. The van der Waals surface area contributed by atoms with Crippen LogP contribution in [0.4, 0.5) is 0 Å². The van der Waals surface area contributed by atoms with E-state index < -0.39 is 12.0 Å². The average Bonchev–Trinajstić information content (AvgIpc) is 3.06. The molecule has 0 aliphatic heterocycles. The number of carbonyl (C=O) groups excluding carboxylic acids is 1. The molecule has 3 unspecified atom stereocenters. The molecule has 4 nitrogen and oxygen atoms in total. The largest absolute Gasteiger partial charge is 0.481 e. The summed E-state index contributed by atoms with van der Waals surface area (Å²) in [7, 11) is 0. The Morgan fingerprint density at radius 3 is 2.50 bits per heavy atom. The van der Waals surface area contributed by atoms with Gasteiger partial charge in [-0.15, -0.1) is 0 Å². The highest BCUT2D eigenvalue weighted by molar-refractivity contribution is 5.82. The number of aliphatic carboxylic acids is 1. The molecule has 4 heteroatoms. The Labute approximate surface area is 106 Å². The van der Waals surface area contributed by atoms with E-state index in [0.717, 1.165) is 12.0 Å². The zero-order chi connectivity index (χ0) is 13.1. The predicted octanol–water partition coefficient (Wildman–Crippen LogP) is 1.97. The maximum absolute atomic E-state index is 11.9. The maximum Gasteiger partial charge on any atom is 0.305 e. The molecule has 2 rings (SSSR count). The molecule has 0 bridgehead atoms. The van der Waals surface area contributed by atoms with Gasteiger partial charge in [0.15, 0.2) is 0 Å². The van der Waals surface area contributed by atoms with Crippen LogP contribution in [0.2, 0.25) is 0 Å². The quantitative estimate of drug-likeness (QED) is 0.836.